The molecule has 0 bridgehead atoms. The Balaban J connectivity index is 3.26. The second kappa shape index (κ2) is 2.21. The summed E-state index contributed by atoms with van der Waals surface area (Å²) in [5.74, 6) is 0. The molecule has 0 fully saturated rings. The second-order valence-corrected chi connectivity index (χ2v) is 1.72. The zero-order chi connectivity index (χ0) is 5.15. The smallest absolute Gasteiger partial charge is 0.0368 e. The lowest BCUT2D eigenvalue weighted by atomic mass is 10.4. The first-order chi connectivity index (χ1) is 2.64. The van der Waals surface area contributed by atoms with Crippen molar-refractivity contribution in [1.82, 2.24) is 0 Å². The SMILES string of the molecule is C=C(Cl)C(C)N. The van der Waals surface area contributed by atoms with Gasteiger partial charge in [-0.2, -0.15) is 0 Å². The summed E-state index contributed by atoms with van der Waals surface area (Å²) in [6, 6.07) is -0.0772. The van der Waals surface area contributed by atoms with Crippen LogP contribution in [0.2, 0.25) is 0 Å². The fourth-order valence-electron chi connectivity index (χ4n) is 0. The van der Waals surface area contributed by atoms with Crippen LogP contribution < -0.4 is 5.73 Å². The second-order valence-electron chi connectivity index (χ2n) is 1.24. The molecular weight excluding hydrogens is 97.5 g/mol. The molecule has 1 unspecified atom stereocenters. The van der Waals surface area contributed by atoms with E-state index in [0.717, 1.165) is 0 Å². The monoisotopic (exact) mass is 105 g/mol. The summed E-state index contributed by atoms with van der Waals surface area (Å²) in [4.78, 5) is 0. The van der Waals surface area contributed by atoms with Crippen LogP contribution in [0.1, 0.15) is 6.92 Å². The zero-order valence-electron chi connectivity index (χ0n) is 3.74. The van der Waals surface area contributed by atoms with Crippen molar-refractivity contribution in [2.45, 2.75) is 13.0 Å². The summed E-state index contributed by atoms with van der Waals surface area (Å²) in [5, 5.41) is 0.509. The van der Waals surface area contributed by atoms with Crippen LogP contribution in [0.3, 0.4) is 0 Å². The van der Waals surface area contributed by atoms with E-state index in [1.807, 2.05) is 0 Å². The summed E-state index contributed by atoms with van der Waals surface area (Å²) in [5.41, 5.74) is 5.20. The Morgan fingerprint density at radius 2 is 2.17 bits per heavy atom. The van der Waals surface area contributed by atoms with Gasteiger partial charge in [-0.05, 0) is 6.92 Å². The highest BCUT2D eigenvalue weighted by molar-refractivity contribution is 6.29. The highest BCUT2D eigenvalue weighted by atomic mass is 35.5. The molecule has 6 heavy (non-hydrogen) atoms. The van der Waals surface area contributed by atoms with Crippen molar-refractivity contribution in [3.05, 3.63) is 11.6 Å². The van der Waals surface area contributed by atoms with Crippen molar-refractivity contribution < 1.29 is 0 Å². The van der Waals surface area contributed by atoms with E-state index in [-0.39, 0.29) is 6.04 Å². The van der Waals surface area contributed by atoms with Gasteiger partial charge in [0.15, 0.2) is 0 Å². The van der Waals surface area contributed by atoms with E-state index < -0.39 is 0 Å². The first kappa shape index (κ1) is 5.99. The Bertz CT molecular complexity index is 58.6. The lowest BCUT2D eigenvalue weighted by molar-refractivity contribution is 0.911. The topological polar surface area (TPSA) is 26.0 Å². The van der Waals surface area contributed by atoms with Crippen LogP contribution in [0.15, 0.2) is 11.6 Å². The van der Waals surface area contributed by atoms with E-state index in [0.29, 0.717) is 5.03 Å². The van der Waals surface area contributed by atoms with E-state index in [9.17, 15) is 0 Å². The number of hydrogen-bond donors (Lipinski definition) is 1. The van der Waals surface area contributed by atoms with Crippen molar-refractivity contribution in [3.8, 4) is 0 Å². The molecule has 0 aliphatic carbocycles. The predicted octanol–water partition coefficient (Wildman–Crippen LogP) is 1.09. The molecule has 0 heterocycles. The van der Waals surface area contributed by atoms with Crippen LogP contribution >= 0.6 is 11.6 Å². The van der Waals surface area contributed by atoms with Gasteiger partial charge in [0.1, 0.15) is 0 Å². The molecule has 0 radical (unpaired) electrons. The van der Waals surface area contributed by atoms with Gasteiger partial charge in [0.25, 0.3) is 0 Å². The average Bonchev–Trinajstić information content (AvgIpc) is 1.36. The minimum Gasteiger partial charge on any atom is -0.323 e. The van der Waals surface area contributed by atoms with Crippen molar-refractivity contribution >= 4 is 11.6 Å². The van der Waals surface area contributed by atoms with Gasteiger partial charge >= 0.3 is 0 Å². The number of nitrogens with two attached hydrogens (primary N) is 1. The molecule has 2 heteroatoms. The van der Waals surface area contributed by atoms with Gasteiger partial charge in [0.05, 0.1) is 0 Å². The molecule has 0 amide bonds. The molecule has 0 saturated heterocycles. The van der Waals surface area contributed by atoms with E-state index >= 15 is 0 Å². The molecule has 2 N–H and O–H groups in total. The number of halogens is 1. The van der Waals surface area contributed by atoms with Crippen LogP contribution in [0.25, 0.3) is 0 Å². The summed E-state index contributed by atoms with van der Waals surface area (Å²) in [6.07, 6.45) is 0. The lowest BCUT2D eigenvalue weighted by Crippen LogP contribution is -2.13. The van der Waals surface area contributed by atoms with Gasteiger partial charge in [-0.1, -0.05) is 18.2 Å². The fraction of sp³-hybridized carbons (Fsp3) is 0.500. The predicted molar refractivity (Wildman–Crippen MR) is 28.6 cm³/mol. The van der Waals surface area contributed by atoms with Gasteiger partial charge in [-0.15, -0.1) is 0 Å². The first-order valence-corrected chi connectivity index (χ1v) is 2.12. The molecule has 0 aliphatic heterocycles. The molecule has 1 atom stereocenters. The van der Waals surface area contributed by atoms with Crippen molar-refractivity contribution in [3.63, 3.8) is 0 Å². The molecule has 0 aliphatic rings. The highest BCUT2D eigenvalue weighted by Crippen LogP contribution is 1.98. The molecular formula is C4H8ClN. The minimum atomic E-state index is -0.0772. The van der Waals surface area contributed by atoms with Gasteiger partial charge in [-0.25, -0.2) is 0 Å². The third-order valence-corrected chi connectivity index (χ3v) is 0.838. The maximum Gasteiger partial charge on any atom is 0.0368 e. The number of rotatable bonds is 1. The van der Waals surface area contributed by atoms with Crippen LogP contribution in [-0.2, 0) is 0 Å². The van der Waals surface area contributed by atoms with E-state index in [1.165, 1.54) is 0 Å². The Morgan fingerprint density at radius 3 is 2.17 bits per heavy atom. The number of hydrogen-bond acceptors (Lipinski definition) is 1. The van der Waals surface area contributed by atoms with Crippen molar-refractivity contribution in [1.29, 1.82) is 0 Å². The maximum absolute atomic E-state index is 5.29. The average molecular weight is 106 g/mol. The molecule has 0 saturated carbocycles. The molecule has 0 rings (SSSR count). The summed E-state index contributed by atoms with van der Waals surface area (Å²) < 4.78 is 0. The van der Waals surface area contributed by atoms with E-state index in [4.69, 9.17) is 17.3 Å². The van der Waals surface area contributed by atoms with Crippen LogP contribution in [-0.4, -0.2) is 6.04 Å². The van der Waals surface area contributed by atoms with Gasteiger partial charge < -0.3 is 5.73 Å². The fourth-order valence-corrected chi connectivity index (χ4v) is 0. The molecule has 0 spiro atoms. The Labute approximate surface area is 42.8 Å². The maximum atomic E-state index is 5.29. The first-order valence-electron chi connectivity index (χ1n) is 1.74. The molecule has 0 aromatic rings. The Hall–Kier alpha value is -0.0100. The molecule has 0 aromatic heterocycles. The normalized spacial score (nSPS) is 13.8. The van der Waals surface area contributed by atoms with Gasteiger partial charge in [-0.3, -0.25) is 0 Å². The third kappa shape index (κ3) is 2.24. The molecule has 1 nitrogen and oxygen atoms in total. The molecule has 36 valence electrons. The lowest BCUT2D eigenvalue weighted by Gasteiger charge is -1.95. The van der Waals surface area contributed by atoms with Crippen LogP contribution in [0.4, 0.5) is 0 Å². The summed E-state index contributed by atoms with van der Waals surface area (Å²) >= 11 is 5.29. The van der Waals surface area contributed by atoms with Gasteiger partial charge in [0, 0.05) is 11.1 Å². The van der Waals surface area contributed by atoms with E-state index in [2.05, 4.69) is 6.58 Å². The van der Waals surface area contributed by atoms with Crippen molar-refractivity contribution in [2.24, 2.45) is 5.73 Å². The summed E-state index contributed by atoms with van der Waals surface area (Å²) in [7, 11) is 0. The largest absolute Gasteiger partial charge is 0.323 e. The Morgan fingerprint density at radius 1 is 2.00 bits per heavy atom. The highest BCUT2D eigenvalue weighted by Gasteiger charge is 1.90. The quantitative estimate of drug-likeness (QED) is 0.531. The third-order valence-electron chi connectivity index (χ3n) is 0.494. The van der Waals surface area contributed by atoms with Crippen LogP contribution in [0, 0.1) is 0 Å². The minimum absolute atomic E-state index is 0.0772. The Kier molecular flexibility index (Phi) is 2.21. The van der Waals surface area contributed by atoms with Crippen LogP contribution in [0.5, 0.6) is 0 Å². The van der Waals surface area contributed by atoms with Gasteiger partial charge in [0.2, 0.25) is 0 Å². The zero-order valence-corrected chi connectivity index (χ0v) is 4.50. The van der Waals surface area contributed by atoms with Crippen molar-refractivity contribution in [2.75, 3.05) is 0 Å². The molecule has 0 aromatic carbocycles. The standard InChI is InChI=1S/C4H8ClN/c1-3(5)4(2)6/h4H,1,6H2,2H3. The summed E-state index contributed by atoms with van der Waals surface area (Å²) in [6.45, 7) is 5.18. The van der Waals surface area contributed by atoms with E-state index in [1.54, 1.807) is 6.92 Å².